The summed E-state index contributed by atoms with van der Waals surface area (Å²) in [6, 6.07) is 19.9. The van der Waals surface area contributed by atoms with Crippen LogP contribution in [-0.2, 0) is 10.0 Å². The summed E-state index contributed by atoms with van der Waals surface area (Å²) >= 11 is 0. The van der Waals surface area contributed by atoms with Crippen molar-refractivity contribution < 1.29 is 13.2 Å². The summed E-state index contributed by atoms with van der Waals surface area (Å²) in [6.45, 7) is 7.56. The Balaban J connectivity index is 1.47. The first-order chi connectivity index (χ1) is 17.1. The van der Waals surface area contributed by atoms with Crippen molar-refractivity contribution >= 4 is 38.9 Å². The van der Waals surface area contributed by atoms with Crippen molar-refractivity contribution in [1.82, 2.24) is 9.97 Å². The molecule has 0 radical (unpaired) electrons. The number of benzene rings is 3. The van der Waals surface area contributed by atoms with Gasteiger partial charge in [-0.3, -0.25) is 4.72 Å². The predicted molar refractivity (Wildman–Crippen MR) is 144 cm³/mol. The number of aromatic nitrogens is 2. The van der Waals surface area contributed by atoms with Gasteiger partial charge in [-0.2, -0.15) is 4.98 Å². The fraction of sp³-hybridized carbons (Fsp3) is 0.185. The molecule has 0 aliphatic carbocycles. The van der Waals surface area contributed by atoms with Crippen LogP contribution in [0, 0.1) is 27.7 Å². The number of aryl methyl sites for hydroxylation is 4. The highest BCUT2D eigenvalue weighted by Crippen LogP contribution is 2.25. The van der Waals surface area contributed by atoms with Crippen molar-refractivity contribution in [3.63, 3.8) is 0 Å². The zero-order valence-electron chi connectivity index (χ0n) is 20.9. The van der Waals surface area contributed by atoms with Crippen molar-refractivity contribution in [3.8, 4) is 5.75 Å². The molecule has 0 bridgehead atoms. The van der Waals surface area contributed by atoms with E-state index >= 15 is 0 Å². The lowest BCUT2D eigenvalue weighted by Crippen LogP contribution is -2.14. The number of nitrogens with one attached hydrogen (secondary N) is 3. The first-order valence-electron chi connectivity index (χ1n) is 11.4. The zero-order valence-corrected chi connectivity index (χ0v) is 21.7. The average molecular weight is 504 g/mol. The molecule has 8 nitrogen and oxygen atoms in total. The minimum atomic E-state index is -3.71. The molecule has 9 heteroatoms. The molecule has 4 rings (SSSR count). The molecule has 0 spiro atoms. The second-order valence-electron chi connectivity index (χ2n) is 8.58. The van der Waals surface area contributed by atoms with Crippen LogP contribution < -0.4 is 20.1 Å². The Labute approximate surface area is 211 Å². The lowest BCUT2D eigenvalue weighted by molar-refractivity contribution is 0.415. The lowest BCUT2D eigenvalue weighted by Gasteiger charge is -2.13. The van der Waals surface area contributed by atoms with Crippen LogP contribution >= 0.6 is 0 Å². The van der Waals surface area contributed by atoms with Gasteiger partial charge in [0.2, 0.25) is 5.95 Å². The van der Waals surface area contributed by atoms with Crippen LogP contribution in [0.1, 0.15) is 22.4 Å². The van der Waals surface area contributed by atoms with Crippen LogP contribution in [0.4, 0.5) is 28.8 Å². The number of anilines is 5. The fourth-order valence-electron chi connectivity index (χ4n) is 3.70. The minimum Gasteiger partial charge on any atom is -0.497 e. The molecule has 36 heavy (non-hydrogen) atoms. The molecule has 3 N–H and O–H groups in total. The summed E-state index contributed by atoms with van der Waals surface area (Å²) in [5.74, 6) is 1.84. The Morgan fingerprint density at radius 3 is 1.94 bits per heavy atom. The van der Waals surface area contributed by atoms with Crippen LogP contribution in [-0.4, -0.2) is 25.5 Å². The quantitative estimate of drug-likeness (QED) is 0.270. The van der Waals surface area contributed by atoms with Crippen molar-refractivity contribution in [1.29, 1.82) is 0 Å². The maximum Gasteiger partial charge on any atom is 0.262 e. The maximum atomic E-state index is 13.0. The molecule has 0 amide bonds. The summed E-state index contributed by atoms with van der Waals surface area (Å²) < 4.78 is 33.8. The minimum absolute atomic E-state index is 0.276. The highest BCUT2D eigenvalue weighted by Gasteiger charge is 2.18. The SMILES string of the molecule is COc1ccc(Nc2cc(C)nc(Nc3ccc(NS(=O)(=O)c4cc(C)c(C)cc4C)cc3)n2)cc1. The monoisotopic (exact) mass is 503 g/mol. The third-order valence-electron chi connectivity index (χ3n) is 5.69. The van der Waals surface area contributed by atoms with Crippen LogP contribution in [0.25, 0.3) is 0 Å². The second-order valence-corrected chi connectivity index (χ2v) is 10.2. The Bertz CT molecular complexity index is 1490. The number of hydrogen-bond donors (Lipinski definition) is 3. The van der Waals surface area contributed by atoms with Gasteiger partial charge in [0.25, 0.3) is 10.0 Å². The normalized spacial score (nSPS) is 11.1. The second kappa shape index (κ2) is 10.2. The van der Waals surface area contributed by atoms with E-state index in [1.54, 1.807) is 44.4 Å². The predicted octanol–water partition coefficient (Wildman–Crippen LogP) is 6.01. The van der Waals surface area contributed by atoms with Gasteiger partial charge in [0.1, 0.15) is 11.6 Å². The molecule has 0 aliphatic heterocycles. The Morgan fingerprint density at radius 2 is 1.28 bits per heavy atom. The van der Waals surface area contributed by atoms with Gasteiger partial charge >= 0.3 is 0 Å². The first-order valence-corrected chi connectivity index (χ1v) is 12.9. The molecule has 0 atom stereocenters. The van der Waals surface area contributed by atoms with Crippen molar-refractivity contribution in [2.24, 2.45) is 0 Å². The molecule has 0 saturated heterocycles. The van der Waals surface area contributed by atoms with E-state index in [0.29, 0.717) is 23.0 Å². The van der Waals surface area contributed by atoms with Gasteiger partial charge in [-0.05, 0) is 99.0 Å². The Kier molecular flexibility index (Phi) is 7.12. The van der Waals surface area contributed by atoms with Gasteiger partial charge in [-0.1, -0.05) is 6.07 Å². The molecule has 4 aromatic rings. The van der Waals surface area contributed by atoms with Crippen molar-refractivity contribution in [2.45, 2.75) is 32.6 Å². The third kappa shape index (κ3) is 5.92. The van der Waals surface area contributed by atoms with E-state index in [-0.39, 0.29) is 4.90 Å². The third-order valence-corrected chi connectivity index (χ3v) is 7.21. The van der Waals surface area contributed by atoms with E-state index in [4.69, 9.17) is 4.74 Å². The first kappa shape index (κ1) is 25.0. The van der Waals surface area contributed by atoms with Gasteiger partial charge in [0, 0.05) is 28.8 Å². The number of hydrogen-bond acceptors (Lipinski definition) is 7. The van der Waals surface area contributed by atoms with Gasteiger partial charge in [0.05, 0.1) is 12.0 Å². The molecule has 0 aliphatic rings. The molecular formula is C27H29N5O3S. The number of nitrogens with zero attached hydrogens (tertiary/aromatic N) is 2. The molecule has 0 saturated carbocycles. The summed E-state index contributed by atoms with van der Waals surface area (Å²) in [5, 5.41) is 6.44. The molecule has 1 heterocycles. The summed E-state index contributed by atoms with van der Waals surface area (Å²) in [5.41, 5.74) is 5.54. The summed E-state index contributed by atoms with van der Waals surface area (Å²) in [6.07, 6.45) is 0. The van der Waals surface area contributed by atoms with Gasteiger partial charge < -0.3 is 15.4 Å². The molecule has 0 fully saturated rings. The molecular weight excluding hydrogens is 474 g/mol. The topological polar surface area (TPSA) is 105 Å². The van der Waals surface area contributed by atoms with E-state index in [2.05, 4.69) is 25.3 Å². The fourth-order valence-corrected chi connectivity index (χ4v) is 5.07. The summed E-state index contributed by atoms with van der Waals surface area (Å²) in [4.78, 5) is 9.26. The average Bonchev–Trinajstić information content (AvgIpc) is 2.82. The van der Waals surface area contributed by atoms with E-state index in [1.807, 2.05) is 57.2 Å². The number of rotatable bonds is 8. The van der Waals surface area contributed by atoms with Crippen LogP contribution in [0.3, 0.4) is 0 Å². The molecule has 186 valence electrons. The van der Waals surface area contributed by atoms with E-state index < -0.39 is 10.0 Å². The highest BCUT2D eigenvalue weighted by atomic mass is 32.2. The van der Waals surface area contributed by atoms with E-state index in [1.165, 1.54) is 0 Å². The standard InChI is InChI=1S/C27H29N5O3S/c1-17-14-19(3)25(15-18(17)2)36(33,34)32-23-8-6-22(7-9-23)30-27-28-20(4)16-26(31-27)29-21-10-12-24(35-5)13-11-21/h6-16,32H,1-5H3,(H2,28,29,30,31). The van der Waals surface area contributed by atoms with Gasteiger partial charge in [-0.25, -0.2) is 13.4 Å². The molecule has 1 aromatic heterocycles. The van der Waals surface area contributed by atoms with Crippen LogP contribution in [0.5, 0.6) is 5.75 Å². The maximum absolute atomic E-state index is 13.0. The molecule has 3 aromatic carbocycles. The van der Waals surface area contributed by atoms with Crippen LogP contribution in [0.2, 0.25) is 0 Å². The van der Waals surface area contributed by atoms with Gasteiger partial charge in [0.15, 0.2) is 0 Å². The number of ether oxygens (including phenoxy) is 1. The van der Waals surface area contributed by atoms with E-state index in [9.17, 15) is 8.42 Å². The van der Waals surface area contributed by atoms with Crippen molar-refractivity contribution in [3.05, 3.63) is 89.1 Å². The smallest absolute Gasteiger partial charge is 0.262 e. The largest absolute Gasteiger partial charge is 0.497 e. The van der Waals surface area contributed by atoms with Gasteiger partial charge in [-0.15, -0.1) is 0 Å². The number of methoxy groups -OCH3 is 1. The number of sulfonamides is 1. The van der Waals surface area contributed by atoms with Crippen LogP contribution in [0.15, 0.2) is 71.6 Å². The Morgan fingerprint density at radius 1 is 0.694 bits per heavy atom. The molecule has 0 unspecified atom stereocenters. The Hall–Kier alpha value is -4.11. The van der Waals surface area contributed by atoms with Crippen molar-refractivity contribution in [2.75, 3.05) is 22.5 Å². The highest BCUT2D eigenvalue weighted by molar-refractivity contribution is 7.92. The zero-order chi connectivity index (χ0) is 25.9. The lowest BCUT2D eigenvalue weighted by atomic mass is 10.1. The van der Waals surface area contributed by atoms with E-state index in [0.717, 1.165) is 33.9 Å². The summed E-state index contributed by atoms with van der Waals surface area (Å²) in [7, 11) is -2.09.